The van der Waals surface area contributed by atoms with Crippen molar-refractivity contribution >= 4 is 40.6 Å². The van der Waals surface area contributed by atoms with Crippen molar-refractivity contribution in [3.63, 3.8) is 0 Å². The van der Waals surface area contributed by atoms with Crippen LogP contribution in [0.1, 0.15) is 46.8 Å². The predicted octanol–water partition coefficient (Wildman–Crippen LogP) is 5.06. The maximum absolute atomic E-state index is 14.8. The fourth-order valence-corrected chi connectivity index (χ4v) is 8.20. The Kier molecular flexibility index (Phi) is 5.25. The first-order valence-electron chi connectivity index (χ1n) is 13.4. The van der Waals surface area contributed by atoms with E-state index in [0.29, 0.717) is 58.4 Å². The van der Waals surface area contributed by atoms with Gasteiger partial charge in [-0.25, -0.2) is 0 Å². The number of carbonyl (C=O) groups is 3. The Morgan fingerprint density at radius 1 is 1.05 bits per heavy atom. The summed E-state index contributed by atoms with van der Waals surface area (Å²) in [7, 11) is 0. The van der Waals surface area contributed by atoms with Crippen LogP contribution < -0.4 is 15.4 Å². The number of hydrogen-bond acceptors (Lipinski definition) is 5. The third-order valence-corrected chi connectivity index (χ3v) is 9.32. The summed E-state index contributed by atoms with van der Waals surface area (Å²) in [6.45, 7) is 4.75. The number of carbonyl (C=O) groups excluding carboxylic acids is 3. The van der Waals surface area contributed by atoms with Gasteiger partial charge < -0.3 is 15.4 Å². The van der Waals surface area contributed by atoms with E-state index in [1.807, 2.05) is 56.3 Å². The minimum Gasteiger partial charge on any atom is -0.493 e. The summed E-state index contributed by atoms with van der Waals surface area (Å²) in [5.41, 5.74) is 0.881. The summed E-state index contributed by atoms with van der Waals surface area (Å²) in [6, 6.07) is 17.9. The molecule has 4 atom stereocenters. The van der Waals surface area contributed by atoms with E-state index in [2.05, 4.69) is 15.5 Å². The quantitative estimate of drug-likeness (QED) is 0.451. The fourth-order valence-electron chi connectivity index (χ4n) is 7.93. The summed E-state index contributed by atoms with van der Waals surface area (Å²) in [4.78, 5) is 46.1. The fraction of sp³-hybridized carbons (Fsp3) is 0.323. The number of amides is 2. The van der Waals surface area contributed by atoms with Crippen molar-refractivity contribution in [2.75, 3.05) is 23.8 Å². The number of ether oxygens (including phenoxy) is 1. The van der Waals surface area contributed by atoms with E-state index in [0.717, 1.165) is 12.0 Å². The number of anilines is 2. The molecule has 4 aliphatic heterocycles. The number of fused-ring (bicyclic) bond motifs is 7. The number of rotatable bonds is 4. The average molecular weight is 542 g/mol. The third kappa shape index (κ3) is 2.84. The van der Waals surface area contributed by atoms with Gasteiger partial charge in [0.2, 0.25) is 5.91 Å². The molecule has 0 radical (unpaired) electrons. The van der Waals surface area contributed by atoms with E-state index in [4.69, 9.17) is 16.3 Å². The molecular weight excluding hydrogens is 514 g/mol. The number of ketones is 1. The van der Waals surface area contributed by atoms with Crippen LogP contribution in [0.25, 0.3) is 0 Å². The Bertz CT molecular complexity index is 1590. The Morgan fingerprint density at radius 3 is 2.64 bits per heavy atom. The second-order valence-electron chi connectivity index (χ2n) is 10.8. The Balaban J connectivity index is 1.59. The summed E-state index contributed by atoms with van der Waals surface area (Å²) < 4.78 is 5.87. The molecule has 7 rings (SSSR count). The van der Waals surface area contributed by atoms with Gasteiger partial charge in [0.15, 0.2) is 5.78 Å². The van der Waals surface area contributed by atoms with E-state index >= 15 is 0 Å². The lowest BCUT2D eigenvalue weighted by atomic mass is 9.57. The van der Waals surface area contributed by atoms with Crippen LogP contribution in [0.5, 0.6) is 5.75 Å². The lowest BCUT2D eigenvalue weighted by molar-refractivity contribution is -0.137. The standard InChI is InChI=1S/C31H28ClN3O4/c1-3-39-24-13-7-4-9-19(24)27(36)25-23-12-8-14-35(23)31(21-16-18(32)15-17(2)26(21)34-29(31)38)30(25)20-10-5-6-11-22(20)33-28(30)37/h4-7,9-11,13,15-16,23,25H,3,8,12,14H2,1-2H3,(H,33,37)(H,34,38)/t23-,25-,30+,31-/m1/s1. The minimum atomic E-state index is -1.52. The van der Waals surface area contributed by atoms with Crippen molar-refractivity contribution in [3.05, 3.63) is 87.9 Å². The molecule has 0 aliphatic carbocycles. The van der Waals surface area contributed by atoms with Crippen molar-refractivity contribution in [1.29, 1.82) is 0 Å². The summed E-state index contributed by atoms with van der Waals surface area (Å²) in [5, 5.41) is 6.66. The molecule has 198 valence electrons. The zero-order valence-electron chi connectivity index (χ0n) is 21.7. The van der Waals surface area contributed by atoms with E-state index in [1.54, 1.807) is 18.2 Å². The predicted molar refractivity (Wildman–Crippen MR) is 148 cm³/mol. The van der Waals surface area contributed by atoms with Gasteiger partial charge in [-0.2, -0.15) is 0 Å². The van der Waals surface area contributed by atoms with E-state index in [-0.39, 0.29) is 23.6 Å². The highest BCUT2D eigenvalue weighted by atomic mass is 35.5. The van der Waals surface area contributed by atoms with E-state index < -0.39 is 16.9 Å². The Hall–Kier alpha value is -3.68. The second kappa shape index (κ2) is 8.41. The molecule has 2 amide bonds. The van der Waals surface area contributed by atoms with Gasteiger partial charge in [0.05, 0.1) is 18.1 Å². The maximum atomic E-state index is 14.8. The molecule has 0 aromatic heterocycles. The Morgan fingerprint density at radius 2 is 1.82 bits per heavy atom. The molecule has 2 N–H and O–H groups in total. The van der Waals surface area contributed by atoms with Crippen LogP contribution in [0.3, 0.4) is 0 Å². The van der Waals surface area contributed by atoms with Crippen molar-refractivity contribution in [2.45, 2.75) is 43.7 Å². The van der Waals surface area contributed by atoms with E-state index in [1.165, 1.54) is 0 Å². The van der Waals surface area contributed by atoms with Crippen LogP contribution in [0.2, 0.25) is 5.02 Å². The molecule has 3 aromatic carbocycles. The SMILES string of the molecule is CCOc1ccccc1C(=O)[C@H]1[C@H]2CCCN2[C@]2(C(=O)Nc3c(C)cc(Cl)cc32)[C@]12C(=O)Nc1ccccc12. The molecule has 4 heterocycles. The molecule has 2 fully saturated rings. The molecule has 0 unspecified atom stereocenters. The van der Waals surface area contributed by atoms with Crippen molar-refractivity contribution in [1.82, 2.24) is 4.90 Å². The van der Waals surface area contributed by atoms with Crippen LogP contribution in [-0.4, -0.2) is 41.7 Å². The van der Waals surface area contributed by atoms with Crippen LogP contribution in [0, 0.1) is 12.8 Å². The van der Waals surface area contributed by atoms with E-state index in [9.17, 15) is 14.4 Å². The number of hydrogen-bond donors (Lipinski definition) is 2. The smallest absolute Gasteiger partial charge is 0.251 e. The summed E-state index contributed by atoms with van der Waals surface area (Å²) >= 11 is 6.62. The number of aryl methyl sites for hydroxylation is 1. The minimum absolute atomic E-state index is 0.195. The highest BCUT2D eigenvalue weighted by molar-refractivity contribution is 6.31. The molecule has 39 heavy (non-hydrogen) atoms. The van der Waals surface area contributed by atoms with Gasteiger partial charge in [0.25, 0.3) is 5.91 Å². The van der Waals surface area contributed by atoms with Gasteiger partial charge >= 0.3 is 0 Å². The zero-order chi connectivity index (χ0) is 27.1. The number of nitrogens with one attached hydrogen (secondary N) is 2. The van der Waals surface area contributed by atoms with Crippen molar-refractivity contribution in [3.8, 4) is 5.75 Å². The van der Waals surface area contributed by atoms with Crippen LogP contribution in [0.15, 0.2) is 60.7 Å². The number of halogens is 1. The van der Waals surface area contributed by atoms with Crippen LogP contribution >= 0.6 is 11.6 Å². The molecule has 2 saturated heterocycles. The zero-order valence-corrected chi connectivity index (χ0v) is 22.5. The first kappa shape index (κ1) is 24.4. The monoisotopic (exact) mass is 541 g/mol. The van der Waals surface area contributed by atoms with Gasteiger partial charge in [-0.3, -0.25) is 19.3 Å². The number of benzene rings is 3. The first-order chi connectivity index (χ1) is 18.9. The van der Waals surface area contributed by atoms with Gasteiger partial charge in [-0.05, 0) is 74.7 Å². The topological polar surface area (TPSA) is 87.7 Å². The van der Waals surface area contributed by atoms with Crippen molar-refractivity contribution < 1.29 is 19.1 Å². The summed E-state index contributed by atoms with van der Waals surface area (Å²) in [6.07, 6.45) is 1.50. The molecular formula is C31H28ClN3O4. The van der Waals surface area contributed by atoms with Gasteiger partial charge in [0.1, 0.15) is 16.7 Å². The van der Waals surface area contributed by atoms with Gasteiger partial charge in [-0.1, -0.05) is 41.9 Å². The summed E-state index contributed by atoms with van der Waals surface area (Å²) in [5.74, 6) is -1.19. The average Bonchev–Trinajstić information content (AvgIpc) is 3.64. The Labute approximate surface area is 231 Å². The van der Waals surface area contributed by atoms with Gasteiger partial charge in [0, 0.05) is 28.0 Å². The lowest BCUT2D eigenvalue weighted by Gasteiger charge is -2.43. The second-order valence-corrected chi connectivity index (χ2v) is 11.2. The maximum Gasteiger partial charge on any atom is 0.251 e. The van der Waals surface area contributed by atoms with Crippen LogP contribution in [0.4, 0.5) is 11.4 Å². The molecule has 0 bridgehead atoms. The first-order valence-corrected chi connectivity index (χ1v) is 13.8. The lowest BCUT2D eigenvalue weighted by Crippen LogP contribution is -2.62. The molecule has 7 nitrogen and oxygen atoms in total. The van der Waals surface area contributed by atoms with Crippen LogP contribution in [-0.2, 0) is 20.5 Å². The molecule has 0 saturated carbocycles. The highest BCUT2D eigenvalue weighted by Crippen LogP contribution is 2.68. The number of nitrogens with zero attached hydrogens (tertiary/aromatic N) is 1. The molecule has 8 heteroatoms. The molecule has 4 aliphatic rings. The normalized spacial score (nSPS) is 28.4. The molecule has 2 spiro atoms. The van der Waals surface area contributed by atoms with Gasteiger partial charge in [-0.15, -0.1) is 0 Å². The third-order valence-electron chi connectivity index (χ3n) is 9.10. The van der Waals surface area contributed by atoms with Crippen molar-refractivity contribution in [2.24, 2.45) is 5.92 Å². The largest absolute Gasteiger partial charge is 0.493 e. The number of Topliss-reactive ketones (excluding diaryl/α,β-unsaturated/α-hetero) is 1. The number of para-hydroxylation sites is 2. The highest BCUT2D eigenvalue weighted by Gasteiger charge is 2.81. The molecule has 3 aromatic rings.